The fraction of sp³-hybridized carbons (Fsp3) is 0.778. The summed E-state index contributed by atoms with van der Waals surface area (Å²) in [5.74, 6) is 5.35. The number of hydrogen-bond donors (Lipinski definition) is 2. The van der Waals surface area contributed by atoms with E-state index in [-0.39, 0.29) is 6.04 Å². The van der Waals surface area contributed by atoms with Gasteiger partial charge in [-0.2, -0.15) is 0 Å². The van der Waals surface area contributed by atoms with Crippen molar-refractivity contribution in [2.45, 2.75) is 32.7 Å². The van der Waals surface area contributed by atoms with Gasteiger partial charge in [-0.05, 0) is 19.8 Å². The van der Waals surface area contributed by atoms with Crippen LogP contribution in [0.15, 0.2) is 12.2 Å². The van der Waals surface area contributed by atoms with Crippen molar-refractivity contribution in [3.8, 4) is 0 Å². The van der Waals surface area contributed by atoms with Gasteiger partial charge in [0.25, 0.3) is 0 Å². The summed E-state index contributed by atoms with van der Waals surface area (Å²) in [7, 11) is 0. The molecule has 0 aliphatic carbocycles. The van der Waals surface area contributed by atoms with Gasteiger partial charge >= 0.3 is 0 Å². The second-order valence-electron chi connectivity index (χ2n) is 2.83. The van der Waals surface area contributed by atoms with Crippen LogP contribution in [0.2, 0.25) is 0 Å². The number of nitrogens with one attached hydrogen (secondary N) is 1. The third-order valence-electron chi connectivity index (χ3n) is 1.79. The zero-order chi connectivity index (χ0) is 9.40. The Morgan fingerprint density at radius 3 is 2.67 bits per heavy atom. The van der Waals surface area contributed by atoms with E-state index in [1.807, 2.05) is 6.92 Å². The monoisotopic (exact) mass is 172 g/mol. The largest absolute Gasteiger partial charge is 0.380 e. The minimum absolute atomic E-state index is 0.206. The summed E-state index contributed by atoms with van der Waals surface area (Å²) in [6.45, 7) is 9.38. The standard InChI is InChI=1S/C9H20N2O/c1-4-8(3)6-9(11-10)7-12-5-2/h9,11H,3-7,10H2,1-2H3. The summed E-state index contributed by atoms with van der Waals surface area (Å²) < 4.78 is 5.25. The lowest BCUT2D eigenvalue weighted by molar-refractivity contribution is 0.122. The minimum Gasteiger partial charge on any atom is -0.380 e. The quantitative estimate of drug-likeness (QED) is 0.345. The van der Waals surface area contributed by atoms with E-state index in [0.717, 1.165) is 19.4 Å². The van der Waals surface area contributed by atoms with Crippen molar-refractivity contribution in [1.82, 2.24) is 5.43 Å². The van der Waals surface area contributed by atoms with E-state index in [2.05, 4.69) is 18.9 Å². The molecule has 1 atom stereocenters. The molecule has 72 valence electrons. The summed E-state index contributed by atoms with van der Waals surface area (Å²) in [6.07, 6.45) is 1.90. The third-order valence-corrected chi connectivity index (χ3v) is 1.79. The van der Waals surface area contributed by atoms with Crippen LogP contribution in [-0.4, -0.2) is 19.3 Å². The fourth-order valence-corrected chi connectivity index (χ4v) is 0.919. The van der Waals surface area contributed by atoms with Crippen LogP contribution in [0.1, 0.15) is 26.7 Å². The maximum absolute atomic E-state index is 5.35. The Bertz CT molecular complexity index is 126. The third kappa shape index (κ3) is 5.29. The molecule has 3 heteroatoms. The first-order valence-electron chi connectivity index (χ1n) is 4.45. The normalized spacial score (nSPS) is 12.9. The van der Waals surface area contributed by atoms with Crippen molar-refractivity contribution in [3.05, 3.63) is 12.2 Å². The summed E-state index contributed by atoms with van der Waals surface area (Å²) >= 11 is 0. The Hall–Kier alpha value is -0.380. The van der Waals surface area contributed by atoms with Gasteiger partial charge in [0.2, 0.25) is 0 Å². The Morgan fingerprint density at radius 1 is 1.58 bits per heavy atom. The molecule has 12 heavy (non-hydrogen) atoms. The first-order chi connectivity index (χ1) is 5.74. The van der Waals surface area contributed by atoms with E-state index in [9.17, 15) is 0 Å². The zero-order valence-corrected chi connectivity index (χ0v) is 8.10. The molecule has 0 saturated heterocycles. The van der Waals surface area contributed by atoms with Crippen molar-refractivity contribution in [2.75, 3.05) is 13.2 Å². The van der Waals surface area contributed by atoms with Crippen molar-refractivity contribution in [3.63, 3.8) is 0 Å². The van der Waals surface area contributed by atoms with Gasteiger partial charge in [-0.25, -0.2) is 0 Å². The zero-order valence-electron chi connectivity index (χ0n) is 8.10. The SMILES string of the molecule is C=C(CC)CC(COCC)NN. The Morgan fingerprint density at radius 2 is 2.25 bits per heavy atom. The van der Waals surface area contributed by atoms with Crippen molar-refractivity contribution < 1.29 is 4.74 Å². The van der Waals surface area contributed by atoms with Crippen molar-refractivity contribution >= 4 is 0 Å². The molecule has 1 unspecified atom stereocenters. The van der Waals surface area contributed by atoms with Gasteiger partial charge in [0.1, 0.15) is 0 Å². The molecule has 3 N–H and O–H groups in total. The molecular formula is C9H20N2O. The molecule has 0 aromatic heterocycles. The van der Waals surface area contributed by atoms with Crippen LogP contribution in [0.5, 0.6) is 0 Å². The van der Waals surface area contributed by atoms with E-state index in [0.29, 0.717) is 6.61 Å². The van der Waals surface area contributed by atoms with Gasteiger partial charge in [0, 0.05) is 12.6 Å². The second-order valence-corrected chi connectivity index (χ2v) is 2.83. The summed E-state index contributed by atoms with van der Waals surface area (Å²) in [5, 5.41) is 0. The number of rotatable bonds is 7. The van der Waals surface area contributed by atoms with Crippen LogP contribution in [0, 0.1) is 0 Å². The van der Waals surface area contributed by atoms with E-state index >= 15 is 0 Å². The van der Waals surface area contributed by atoms with Crippen molar-refractivity contribution in [2.24, 2.45) is 5.84 Å². The molecule has 0 aromatic rings. The van der Waals surface area contributed by atoms with Gasteiger partial charge in [-0.3, -0.25) is 11.3 Å². The molecule has 0 spiro atoms. The van der Waals surface area contributed by atoms with Gasteiger partial charge < -0.3 is 4.74 Å². The van der Waals surface area contributed by atoms with Gasteiger partial charge in [0.15, 0.2) is 0 Å². The number of ether oxygens (including phenoxy) is 1. The molecule has 0 rings (SSSR count). The topological polar surface area (TPSA) is 47.3 Å². The lowest BCUT2D eigenvalue weighted by atomic mass is 10.1. The van der Waals surface area contributed by atoms with E-state index in [4.69, 9.17) is 10.6 Å². The first-order valence-corrected chi connectivity index (χ1v) is 4.45. The smallest absolute Gasteiger partial charge is 0.0636 e. The highest BCUT2D eigenvalue weighted by molar-refractivity contribution is 4.96. The maximum Gasteiger partial charge on any atom is 0.0636 e. The first kappa shape index (κ1) is 11.6. The van der Waals surface area contributed by atoms with Crippen LogP contribution in [0.4, 0.5) is 0 Å². The van der Waals surface area contributed by atoms with E-state index in [1.165, 1.54) is 5.57 Å². The van der Waals surface area contributed by atoms with Crippen LogP contribution in [0.3, 0.4) is 0 Å². The summed E-state index contributed by atoms with van der Waals surface area (Å²) in [5.41, 5.74) is 3.92. The maximum atomic E-state index is 5.35. The Kier molecular flexibility index (Phi) is 7.05. The molecule has 0 heterocycles. The number of hydrogen-bond acceptors (Lipinski definition) is 3. The summed E-state index contributed by atoms with van der Waals surface area (Å²) in [4.78, 5) is 0. The number of nitrogens with two attached hydrogens (primary N) is 1. The molecule has 3 nitrogen and oxygen atoms in total. The highest BCUT2D eigenvalue weighted by atomic mass is 16.5. The lowest BCUT2D eigenvalue weighted by Gasteiger charge is -2.16. The predicted octanol–water partition coefficient (Wildman–Crippen LogP) is 1.21. The summed E-state index contributed by atoms with van der Waals surface area (Å²) in [6, 6.07) is 0.206. The predicted molar refractivity (Wildman–Crippen MR) is 51.7 cm³/mol. The highest BCUT2D eigenvalue weighted by Gasteiger charge is 2.06. The molecule has 0 aromatic carbocycles. The average molecular weight is 172 g/mol. The van der Waals surface area contributed by atoms with Gasteiger partial charge in [-0.15, -0.1) is 0 Å². The van der Waals surface area contributed by atoms with Crippen molar-refractivity contribution in [1.29, 1.82) is 0 Å². The second kappa shape index (κ2) is 7.28. The van der Waals surface area contributed by atoms with Crippen LogP contribution < -0.4 is 11.3 Å². The molecule has 0 amide bonds. The molecular weight excluding hydrogens is 152 g/mol. The number of hydrazine groups is 1. The lowest BCUT2D eigenvalue weighted by Crippen LogP contribution is -2.38. The van der Waals surface area contributed by atoms with E-state index in [1.54, 1.807) is 0 Å². The fourth-order valence-electron chi connectivity index (χ4n) is 0.919. The molecule has 0 aliphatic heterocycles. The molecule has 0 fully saturated rings. The molecule has 0 saturated carbocycles. The van der Waals surface area contributed by atoms with Gasteiger partial charge in [-0.1, -0.05) is 19.1 Å². The minimum atomic E-state index is 0.206. The molecule has 0 bridgehead atoms. The highest BCUT2D eigenvalue weighted by Crippen LogP contribution is 2.06. The molecule has 0 radical (unpaired) electrons. The Labute approximate surface area is 74.9 Å². The Balaban J connectivity index is 3.59. The van der Waals surface area contributed by atoms with E-state index < -0.39 is 0 Å². The molecule has 0 aliphatic rings. The average Bonchev–Trinajstić information content (AvgIpc) is 2.11. The van der Waals surface area contributed by atoms with Crippen LogP contribution >= 0.6 is 0 Å². The van der Waals surface area contributed by atoms with Gasteiger partial charge in [0.05, 0.1) is 6.61 Å². The van der Waals surface area contributed by atoms with Crippen LogP contribution in [-0.2, 0) is 4.74 Å². The van der Waals surface area contributed by atoms with Crippen LogP contribution in [0.25, 0.3) is 0 Å².